The Morgan fingerprint density at radius 2 is 0.689 bits per heavy atom. The molecule has 0 saturated heterocycles. The lowest BCUT2D eigenvalue weighted by Gasteiger charge is -2.42. The van der Waals surface area contributed by atoms with Gasteiger partial charge in [-0.2, -0.15) is 0 Å². The van der Waals surface area contributed by atoms with E-state index in [9.17, 15) is 0 Å². The van der Waals surface area contributed by atoms with Crippen molar-refractivity contribution in [2.24, 2.45) is 0 Å². The Kier molecular flexibility index (Phi) is 9.30. The van der Waals surface area contributed by atoms with E-state index in [1.807, 2.05) is 0 Å². The first kappa shape index (κ1) is 43.6. The van der Waals surface area contributed by atoms with E-state index in [0.717, 1.165) is 0 Å². The second-order valence-corrected chi connectivity index (χ2v) is 23.0. The fourth-order valence-electron chi connectivity index (χ4n) is 15.5. The van der Waals surface area contributed by atoms with Crippen LogP contribution in [0.3, 0.4) is 0 Å². The van der Waals surface area contributed by atoms with Crippen LogP contribution in [0.5, 0.6) is 0 Å². The van der Waals surface area contributed by atoms with Crippen LogP contribution in [0.15, 0.2) is 218 Å². The van der Waals surface area contributed by atoms with Gasteiger partial charge in [0.05, 0.1) is 11.1 Å². The molecule has 2 heteroatoms. The zero-order valence-corrected chi connectivity index (χ0v) is 42.9. The minimum atomic E-state index is 0.00269. The van der Waals surface area contributed by atoms with E-state index in [1.165, 1.54) is 160 Å². The van der Waals surface area contributed by atoms with Gasteiger partial charge in [-0.05, 0) is 199 Å². The number of hydrogen-bond acceptors (Lipinski definition) is 2. The molecule has 2 saturated carbocycles. The Morgan fingerprint density at radius 1 is 0.311 bits per heavy atom. The van der Waals surface area contributed by atoms with E-state index >= 15 is 0 Å². The molecule has 4 aliphatic rings. The monoisotopic (exact) mass is 952 g/mol. The van der Waals surface area contributed by atoms with E-state index < -0.39 is 0 Å². The number of hydrogen-bond donors (Lipinski definition) is 0. The number of para-hydroxylation sites is 2. The molecule has 74 heavy (non-hydrogen) atoms. The first-order valence-electron chi connectivity index (χ1n) is 27.2. The van der Waals surface area contributed by atoms with E-state index in [2.05, 4.69) is 256 Å². The lowest BCUT2D eigenvalue weighted by molar-refractivity contribution is 0.330. The van der Waals surface area contributed by atoms with Crippen LogP contribution in [-0.2, 0) is 10.8 Å². The third-order valence-corrected chi connectivity index (χ3v) is 19.6. The zero-order chi connectivity index (χ0) is 49.6. The van der Waals surface area contributed by atoms with Crippen molar-refractivity contribution in [1.82, 2.24) is 0 Å². The summed E-state index contributed by atoms with van der Waals surface area (Å²) in [5, 5.41) is 10.1. The third kappa shape index (κ3) is 5.88. The van der Waals surface area contributed by atoms with Crippen LogP contribution in [0, 0.1) is 0 Å². The Balaban J connectivity index is 0.991. The number of rotatable bonds is 6. The summed E-state index contributed by atoms with van der Waals surface area (Å²) in [6, 6.07) is 83.5. The summed E-state index contributed by atoms with van der Waals surface area (Å²) >= 11 is 0. The molecule has 0 spiro atoms. The van der Waals surface area contributed by atoms with Gasteiger partial charge >= 0.3 is 0 Å². The summed E-state index contributed by atoms with van der Waals surface area (Å²) < 4.78 is 0. The smallest absolute Gasteiger partial charge is 0.0517 e. The third-order valence-electron chi connectivity index (χ3n) is 19.6. The maximum Gasteiger partial charge on any atom is 0.0517 e. The van der Waals surface area contributed by atoms with E-state index in [-0.39, 0.29) is 21.9 Å². The van der Waals surface area contributed by atoms with Crippen LogP contribution in [0.4, 0.5) is 22.7 Å². The number of nitrogens with zero attached hydrogens (tertiary/aromatic N) is 2. The molecule has 0 N–H and O–H groups in total. The predicted octanol–water partition coefficient (Wildman–Crippen LogP) is 19.7. The summed E-state index contributed by atoms with van der Waals surface area (Å²) in [4.78, 5) is 5.34. The molecule has 4 atom stereocenters. The highest BCUT2D eigenvalue weighted by Crippen LogP contribution is 2.64. The van der Waals surface area contributed by atoms with Crippen molar-refractivity contribution in [1.29, 1.82) is 0 Å². The average molecular weight is 953 g/mol. The molecule has 0 amide bonds. The van der Waals surface area contributed by atoms with Crippen molar-refractivity contribution in [2.45, 2.75) is 88.1 Å². The van der Waals surface area contributed by atoms with E-state index in [1.54, 1.807) is 0 Å². The van der Waals surface area contributed by atoms with Crippen LogP contribution in [0.2, 0.25) is 0 Å². The van der Waals surface area contributed by atoms with Gasteiger partial charge in [-0.1, -0.05) is 184 Å². The fourth-order valence-corrected chi connectivity index (χ4v) is 15.5. The molecule has 11 aromatic carbocycles. The molecule has 0 aromatic heterocycles. The first-order chi connectivity index (χ1) is 36.2. The van der Waals surface area contributed by atoms with Crippen molar-refractivity contribution < 1.29 is 0 Å². The second kappa shape index (κ2) is 15.8. The van der Waals surface area contributed by atoms with Gasteiger partial charge in [0.2, 0.25) is 0 Å². The summed E-state index contributed by atoms with van der Waals surface area (Å²) in [5.74, 6) is 0. The van der Waals surface area contributed by atoms with Crippen LogP contribution in [-0.4, -0.2) is 11.1 Å². The number of fused-ring (bicyclic) bond motifs is 10. The number of anilines is 4. The van der Waals surface area contributed by atoms with Crippen molar-refractivity contribution in [3.63, 3.8) is 0 Å². The quantitative estimate of drug-likeness (QED) is 0.153. The predicted molar refractivity (Wildman–Crippen MR) is 315 cm³/mol. The Bertz CT molecular complexity index is 3840. The maximum absolute atomic E-state index is 2.67. The molecule has 2 heterocycles. The minimum absolute atomic E-state index is 0.00269. The van der Waals surface area contributed by atoms with Crippen molar-refractivity contribution in [2.75, 3.05) is 9.80 Å². The zero-order valence-electron chi connectivity index (χ0n) is 42.9. The molecule has 4 unspecified atom stereocenters. The highest BCUT2D eigenvalue weighted by Gasteiger charge is 2.60. The van der Waals surface area contributed by atoms with Gasteiger partial charge in [-0.3, -0.25) is 0 Å². The molecule has 2 aliphatic carbocycles. The van der Waals surface area contributed by atoms with Crippen LogP contribution in [0.1, 0.15) is 77.3 Å². The van der Waals surface area contributed by atoms with E-state index in [0.29, 0.717) is 0 Å². The van der Waals surface area contributed by atoms with Crippen LogP contribution in [0.25, 0.3) is 87.6 Å². The molecular formula is C72H60N2. The molecule has 2 nitrogen and oxygen atoms in total. The molecule has 15 rings (SSSR count). The standard InChI is InChI=1S/C72H60N2/c1-69-39-17-41-71(69,3)73(53-23-7-5-8-24-53)65-37-33-51(45-63(65)69)49-31-35-59-61(43-49)67(57-29-15-21-47-19-11-13-27-55(47)57)60-36-32-50(44-62(60)68(59)58-30-16-22-48-20-12-14-28-56(48)58)52-34-38-66-64(46-52)70(2)40-18-42-72(70,4)74(66)54-25-9-6-10-26-54/h5-16,19-38,43-46H,17-18,39-42H2,1-4H3. The molecule has 11 aromatic rings. The van der Waals surface area contributed by atoms with Gasteiger partial charge in [0, 0.05) is 33.6 Å². The van der Waals surface area contributed by atoms with Crippen molar-refractivity contribution >= 4 is 65.8 Å². The molecule has 2 aliphatic heterocycles. The Hall–Kier alpha value is -7.94. The minimum Gasteiger partial charge on any atom is -0.334 e. The number of benzene rings is 11. The highest BCUT2D eigenvalue weighted by atomic mass is 15.3. The van der Waals surface area contributed by atoms with Gasteiger partial charge in [0.15, 0.2) is 0 Å². The molecule has 0 radical (unpaired) electrons. The lowest BCUT2D eigenvalue weighted by Crippen LogP contribution is -2.48. The van der Waals surface area contributed by atoms with Crippen LogP contribution < -0.4 is 9.80 Å². The second-order valence-electron chi connectivity index (χ2n) is 23.0. The van der Waals surface area contributed by atoms with Gasteiger partial charge in [-0.15, -0.1) is 0 Å². The Labute approximate surface area is 435 Å². The van der Waals surface area contributed by atoms with Gasteiger partial charge in [0.25, 0.3) is 0 Å². The van der Waals surface area contributed by atoms with Crippen molar-refractivity contribution in [3.8, 4) is 44.5 Å². The Morgan fingerprint density at radius 3 is 1.14 bits per heavy atom. The highest BCUT2D eigenvalue weighted by molar-refractivity contribution is 6.26. The molecule has 2 fully saturated rings. The normalized spacial score (nSPS) is 22.7. The molecule has 0 bridgehead atoms. The van der Waals surface area contributed by atoms with Gasteiger partial charge in [0.1, 0.15) is 0 Å². The SMILES string of the molecule is CC12CCCC1(C)N(c1ccccc1)c1ccc(-c3ccc4c(-c5cccc6ccccc56)c5cc(-c6ccc7c(c6)C6(C)CCCC6(C)N7c6ccccc6)ccc5c(-c5cccc6ccccc56)c4c3)cc12. The maximum atomic E-state index is 2.67. The first-order valence-corrected chi connectivity index (χ1v) is 27.2. The summed E-state index contributed by atoms with van der Waals surface area (Å²) in [7, 11) is 0. The topological polar surface area (TPSA) is 6.48 Å². The molecule has 358 valence electrons. The van der Waals surface area contributed by atoms with Crippen molar-refractivity contribution in [3.05, 3.63) is 230 Å². The summed E-state index contributed by atoms with van der Waals surface area (Å²) in [6.45, 7) is 10.1. The fraction of sp³-hybridized carbons (Fsp3) is 0.194. The average Bonchev–Trinajstić information content (AvgIpc) is 4.12. The largest absolute Gasteiger partial charge is 0.334 e. The van der Waals surface area contributed by atoms with Crippen LogP contribution >= 0.6 is 0 Å². The summed E-state index contributed by atoms with van der Waals surface area (Å²) in [5.41, 5.74) is 18.4. The van der Waals surface area contributed by atoms with Gasteiger partial charge < -0.3 is 9.80 Å². The lowest BCUT2D eigenvalue weighted by atomic mass is 9.72. The summed E-state index contributed by atoms with van der Waals surface area (Å²) in [6.07, 6.45) is 7.19. The molecular weight excluding hydrogens is 893 g/mol. The van der Waals surface area contributed by atoms with E-state index in [4.69, 9.17) is 0 Å². The van der Waals surface area contributed by atoms with Gasteiger partial charge in [-0.25, -0.2) is 0 Å².